The zero-order chi connectivity index (χ0) is 10.1. The van der Waals surface area contributed by atoms with E-state index in [2.05, 4.69) is 10.2 Å². The number of carbonyl (C=O) groups is 1. The number of aromatic nitrogens is 2. The Kier molecular flexibility index (Phi) is 2.07. The molecule has 0 aliphatic carbocycles. The van der Waals surface area contributed by atoms with E-state index in [9.17, 15) is 4.79 Å². The molecule has 0 amide bonds. The van der Waals surface area contributed by atoms with Gasteiger partial charge in [0.15, 0.2) is 5.82 Å². The molecule has 5 nitrogen and oxygen atoms in total. The van der Waals surface area contributed by atoms with Gasteiger partial charge in [0.2, 0.25) is 0 Å². The molecule has 0 spiro atoms. The van der Waals surface area contributed by atoms with E-state index in [0.29, 0.717) is 13.1 Å². The lowest BCUT2D eigenvalue weighted by atomic mass is 10.0. The van der Waals surface area contributed by atoms with Crippen molar-refractivity contribution in [3.05, 3.63) is 17.8 Å². The molecular weight excluding hydrogens is 182 g/mol. The first-order chi connectivity index (χ1) is 6.66. The number of hydrogen-bond acceptors (Lipinski definition) is 4. The Hall–Kier alpha value is -1.65. The summed E-state index contributed by atoms with van der Waals surface area (Å²) in [4.78, 5) is 12.5. The van der Waals surface area contributed by atoms with Crippen LogP contribution < -0.4 is 4.90 Å². The summed E-state index contributed by atoms with van der Waals surface area (Å²) in [5.41, 5.74) is 0.865. The van der Waals surface area contributed by atoms with E-state index in [4.69, 9.17) is 5.11 Å². The maximum absolute atomic E-state index is 10.5. The average Bonchev–Trinajstić information content (AvgIpc) is 2.05. The van der Waals surface area contributed by atoms with E-state index in [1.165, 1.54) is 0 Å². The van der Waals surface area contributed by atoms with Crippen LogP contribution in [0.5, 0.6) is 0 Å². The summed E-state index contributed by atoms with van der Waals surface area (Å²) in [6.45, 7) is 2.94. The first-order valence-corrected chi connectivity index (χ1v) is 4.45. The molecule has 5 heteroatoms. The number of anilines is 1. The van der Waals surface area contributed by atoms with Crippen molar-refractivity contribution in [3.63, 3.8) is 0 Å². The SMILES string of the molecule is Cc1ccc(N2CC(C(=O)O)C2)nn1. The van der Waals surface area contributed by atoms with E-state index < -0.39 is 5.97 Å². The molecule has 1 aliphatic rings. The zero-order valence-corrected chi connectivity index (χ0v) is 7.84. The van der Waals surface area contributed by atoms with Crippen molar-refractivity contribution in [2.75, 3.05) is 18.0 Å². The topological polar surface area (TPSA) is 66.3 Å². The smallest absolute Gasteiger partial charge is 0.310 e. The maximum atomic E-state index is 10.5. The Balaban J connectivity index is 2.00. The highest BCUT2D eigenvalue weighted by Gasteiger charge is 2.33. The van der Waals surface area contributed by atoms with Crippen LogP contribution in [0.4, 0.5) is 5.82 Å². The Morgan fingerprint density at radius 2 is 2.21 bits per heavy atom. The van der Waals surface area contributed by atoms with Gasteiger partial charge in [0.25, 0.3) is 0 Å². The Morgan fingerprint density at radius 1 is 1.50 bits per heavy atom. The van der Waals surface area contributed by atoms with Crippen LogP contribution in [0.2, 0.25) is 0 Å². The first kappa shape index (κ1) is 8.93. The number of rotatable bonds is 2. The quantitative estimate of drug-likeness (QED) is 0.732. The molecule has 1 aromatic rings. The van der Waals surface area contributed by atoms with Gasteiger partial charge in [-0.2, -0.15) is 5.10 Å². The molecule has 0 saturated carbocycles. The van der Waals surface area contributed by atoms with E-state index in [0.717, 1.165) is 11.5 Å². The molecular formula is C9H11N3O2. The molecule has 0 radical (unpaired) electrons. The molecule has 1 saturated heterocycles. The minimum absolute atomic E-state index is 0.252. The normalized spacial score (nSPS) is 16.5. The van der Waals surface area contributed by atoms with Crippen molar-refractivity contribution < 1.29 is 9.90 Å². The van der Waals surface area contributed by atoms with Crippen LogP contribution in [0.1, 0.15) is 5.69 Å². The van der Waals surface area contributed by atoms with Crippen molar-refractivity contribution >= 4 is 11.8 Å². The first-order valence-electron chi connectivity index (χ1n) is 4.45. The maximum Gasteiger partial charge on any atom is 0.310 e. The zero-order valence-electron chi connectivity index (χ0n) is 7.84. The fourth-order valence-corrected chi connectivity index (χ4v) is 1.38. The third kappa shape index (κ3) is 1.53. The van der Waals surface area contributed by atoms with Gasteiger partial charge in [0.05, 0.1) is 11.6 Å². The van der Waals surface area contributed by atoms with Crippen molar-refractivity contribution in [1.82, 2.24) is 10.2 Å². The second-order valence-electron chi connectivity index (χ2n) is 3.47. The predicted octanol–water partition coefficient (Wildman–Crippen LogP) is 0.306. The van der Waals surface area contributed by atoms with Crippen LogP contribution in [0, 0.1) is 12.8 Å². The molecule has 1 N–H and O–H groups in total. The summed E-state index contributed by atoms with van der Waals surface area (Å²) in [6, 6.07) is 3.73. The number of aryl methyl sites for hydroxylation is 1. The van der Waals surface area contributed by atoms with Crippen molar-refractivity contribution in [3.8, 4) is 0 Å². The minimum Gasteiger partial charge on any atom is -0.481 e. The predicted molar refractivity (Wildman–Crippen MR) is 50.1 cm³/mol. The second kappa shape index (κ2) is 3.25. The van der Waals surface area contributed by atoms with Gasteiger partial charge in [-0.1, -0.05) is 0 Å². The average molecular weight is 193 g/mol. The van der Waals surface area contributed by atoms with Crippen molar-refractivity contribution in [1.29, 1.82) is 0 Å². The lowest BCUT2D eigenvalue weighted by Gasteiger charge is -2.37. The minimum atomic E-state index is -0.735. The third-order valence-electron chi connectivity index (χ3n) is 2.34. The fourth-order valence-electron chi connectivity index (χ4n) is 1.38. The molecule has 1 fully saturated rings. The number of aliphatic carboxylic acids is 1. The molecule has 14 heavy (non-hydrogen) atoms. The number of hydrogen-bond donors (Lipinski definition) is 1. The Morgan fingerprint density at radius 3 is 2.71 bits per heavy atom. The van der Waals surface area contributed by atoms with E-state index in [-0.39, 0.29) is 5.92 Å². The van der Waals surface area contributed by atoms with Crippen LogP contribution >= 0.6 is 0 Å². The van der Waals surface area contributed by atoms with Gasteiger partial charge in [0.1, 0.15) is 0 Å². The molecule has 2 rings (SSSR count). The Bertz CT molecular complexity index is 344. The van der Waals surface area contributed by atoms with E-state index in [1.807, 2.05) is 24.0 Å². The van der Waals surface area contributed by atoms with Crippen LogP contribution in [-0.2, 0) is 4.79 Å². The van der Waals surface area contributed by atoms with Gasteiger partial charge in [-0.25, -0.2) is 0 Å². The summed E-state index contributed by atoms with van der Waals surface area (Å²) >= 11 is 0. The molecule has 2 heterocycles. The highest BCUT2D eigenvalue weighted by atomic mass is 16.4. The number of carboxylic acid groups (broad SMARTS) is 1. The molecule has 0 atom stereocenters. The molecule has 1 aromatic heterocycles. The number of nitrogens with zero attached hydrogens (tertiary/aromatic N) is 3. The van der Waals surface area contributed by atoms with Gasteiger partial charge in [-0.15, -0.1) is 5.10 Å². The molecule has 0 bridgehead atoms. The molecule has 74 valence electrons. The summed E-state index contributed by atoms with van der Waals surface area (Å²) in [5, 5.41) is 16.6. The summed E-state index contributed by atoms with van der Waals surface area (Å²) in [7, 11) is 0. The van der Waals surface area contributed by atoms with E-state index >= 15 is 0 Å². The lowest BCUT2D eigenvalue weighted by Crippen LogP contribution is -2.50. The largest absolute Gasteiger partial charge is 0.481 e. The van der Waals surface area contributed by atoms with Gasteiger partial charge >= 0.3 is 5.97 Å². The van der Waals surface area contributed by atoms with Crippen molar-refractivity contribution in [2.45, 2.75) is 6.92 Å². The van der Waals surface area contributed by atoms with Gasteiger partial charge in [-0.05, 0) is 19.1 Å². The van der Waals surface area contributed by atoms with Gasteiger partial charge < -0.3 is 10.0 Å². The van der Waals surface area contributed by atoms with Gasteiger partial charge in [-0.3, -0.25) is 4.79 Å². The highest BCUT2D eigenvalue weighted by Crippen LogP contribution is 2.21. The monoisotopic (exact) mass is 193 g/mol. The van der Waals surface area contributed by atoms with Crippen LogP contribution in [0.15, 0.2) is 12.1 Å². The van der Waals surface area contributed by atoms with Crippen LogP contribution in [-0.4, -0.2) is 34.4 Å². The Labute approximate surface area is 81.4 Å². The standard InChI is InChI=1S/C9H11N3O2/c1-6-2-3-8(11-10-6)12-4-7(5-12)9(13)14/h2-3,7H,4-5H2,1H3,(H,13,14). The second-order valence-corrected chi connectivity index (χ2v) is 3.47. The van der Waals surface area contributed by atoms with Crippen molar-refractivity contribution in [2.24, 2.45) is 5.92 Å². The summed E-state index contributed by atoms with van der Waals surface area (Å²) in [6.07, 6.45) is 0. The summed E-state index contributed by atoms with van der Waals surface area (Å²) in [5.74, 6) is -0.229. The summed E-state index contributed by atoms with van der Waals surface area (Å²) < 4.78 is 0. The van der Waals surface area contributed by atoms with E-state index in [1.54, 1.807) is 0 Å². The van der Waals surface area contributed by atoms with Crippen LogP contribution in [0.25, 0.3) is 0 Å². The number of carboxylic acids is 1. The van der Waals surface area contributed by atoms with Crippen LogP contribution in [0.3, 0.4) is 0 Å². The van der Waals surface area contributed by atoms with Gasteiger partial charge in [0, 0.05) is 13.1 Å². The highest BCUT2D eigenvalue weighted by molar-refractivity contribution is 5.74. The third-order valence-corrected chi connectivity index (χ3v) is 2.34. The molecule has 1 aliphatic heterocycles. The molecule has 0 aromatic carbocycles. The fraction of sp³-hybridized carbons (Fsp3) is 0.444. The lowest BCUT2D eigenvalue weighted by molar-refractivity contribution is -0.142. The molecule has 0 unspecified atom stereocenters.